The maximum absolute atomic E-state index is 11.2. The van der Waals surface area contributed by atoms with Crippen molar-refractivity contribution in [2.45, 2.75) is 52.5 Å². The monoisotopic (exact) mass is 191 g/mol. The van der Waals surface area contributed by atoms with Crippen LogP contribution in [0.2, 0.25) is 0 Å². The van der Waals surface area contributed by atoms with Gasteiger partial charge in [-0.25, -0.2) is 0 Å². The molecule has 74 valence electrons. The molecule has 12 heavy (non-hydrogen) atoms. The van der Waals surface area contributed by atoms with Gasteiger partial charge in [-0.15, -0.1) is 4.72 Å². The number of hydrogen-bond donors (Lipinski definition) is 1. The summed E-state index contributed by atoms with van der Waals surface area (Å²) in [7, 11) is 0. The Balaban J connectivity index is 3.14. The van der Waals surface area contributed by atoms with E-state index in [4.69, 9.17) is 0 Å². The molecule has 0 aliphatic heterocycles. The van der Waals surface area contributed by atoms with Gasteiger partial charge < -0.3 is 4.55 Å². The zero-order chi connectivity index (χ0) is 9.40. The van der Waals surface area contributed by atoms with Crippen molar-refractivity contribution in [3.8, 4) is 0 Å². The quantitative estimate of drug-likeness (QED) is 0.495. The maximum atomic E-state index is 11.2. The first-order valence-corrected chi connectivity index (χ1v) is 6.13. The summed E-state index contributed by atoms with van der Waals surface area (Å²) in [6.45, 7) is 6.22. The van der Waals surface area contributed by atoms with E-state index in [1.807, 2.05) is 13.8 Å². The van der Waals surface area contributed by atoms with Crippen molar-refractivity contribution in [1.82, 2.24) is 4.72 Å². The van der Waals surface area contributed by atoms with Gasteiger partial charge in [-0.05, 0) is 26.7 Å². The van der Waals surface area contributed by atoms with Crippen molar-refractivity contribution in [1.29, 1.82) is 0 Å². The number of hydrogen-bond acceptors (Lipinski definition) is 2. The lowest BCUT2D eigenvalue weighted by Gasteiger charge is -2.13. The average molecular weight is 191 g/mol. The minimum Gasteiger partial charge on any atom is -0.598 e. The topological polar surface area (TPSA) is 35.1 Å². The van der Waals surface area contributed by atoms with E-state index in [1.54, 1.807) is 0 Å². The Morgan fingerprint density at radius 3 is 2.42 bits per heavy atom. The van der Waals surface area contributed by atoms with E-state index in [9.17, 15) is 4.55 Å². The minimum absolute atomic E-state index is 0.331. The minimum atomic E-state index is -0.804. The summed E-state index contributed by atoms with van der Waals surface area (Å²) in [5.41, 5.74) is 0. The summed E-state index contributed by atoms with van der Waals surface area (Å²) in [4.78, 5) is 0. The summed E-state index contributed by atoms with van der Waals surface area (Å²) in [5.74, 6) is 0.804. The van der Waals surface area contributed by atoms with Crippen LogP contribution in [-0.4, -0.2) is 16.3 Å². The predicted octanol–water partition coefficient (Wildman–Crippen LogP) is 2.23. The van der Waals surface area contributed by atoms with Crippen LogP contribution >= 0.6 is 0 Å². The first-order chi connectivity index (χ1) is 5.66. The van der Waals surface area contributed by atoms with Crippen molar-refractivity contribution in [2.24, 2.45) is 0 Å². The molecule has 3 heteroatoms. The third-order valence-corrected chi connectivity index (χ3v) is 2.94. The second-order valence-corrected chi connectivity index (χ2v) is 4.72. The fourth-order valence-electron chi connectivity index (χ4n) is 0.982. The molecule has 2 nitrogen and oxygen atoms in total. The maximum Gasteiger partial charge on any atom is 0.125 e. The van der Waals surface area contributed by atoms with Gasteiger partial charge in [0.2, 0.25) is 0 Å². The summed E-state index contributed by atoms with van der Waals surface area (Å²) < 4.78 is 14.2. The Hall–Kier alpha value is 0.270. The third kappa shape index (κ3) is 8.37. The molecule has 1 N–H and O–H groups in total. The zero-order valence-electron chi connectivity index (χ0n) is 8.43. The van der Waals surface area contributed by atoms with Crippen LogP contribution in [0, 0.1) is 0 Å². The van der Waals surface area contributed by atoms with Crippen LogP contribution < -0.4 is 4.72 Å². The Kier molecular flexibility index (Phi) is 8.07. The second-order valence-electron chi connectivity index (χ2n) is 3.38. The SMILES string of the molecule is CCCCCC[S+]([O-])NC(C)C. The fraction of sp³-hybridized carbons (Fsp3) is 1.00. The van der Waals surface area contributed by atoms with Crippen LogP contribution in [0.1, 0.15) is 46.5 Å². The smallest absolute Gasteiger partial charge is 0.125 e. The molecule has 0 amide bonds. The molecule has 0 spiro atoms. The normalized spacial score (nSPS) is 13.8. The predicted molar refractivity (Wildman–Crippen MR) is 55.4 cm³/mol. The highest BCUT2D eigenvalue weighted by atomic mass is 32.2. The summed E-state index contributed by atoms with van der Waals surface area (Å²) >= 11 is -0.804. The van der Waals surface area contributed by atoms with Gasteiger partial charge in [0.05, 0.1) is 0 Å². The van der Waals surface area contributed by atoms with E-state index in [-0.39, 0.29) is 0 Å². The first-order valence-electron chi connectivity index (χ1n) is 4.81. The lowest BCUT2D eigenvalue weighted by molar-refractivity contribution is 0.563. The van der Waals surface area contributed by atoms with Crippen LogP contribution in [0.25, 0.3) is 0 Å². The molecule has 0 saturated heterocycles. The highest BCUT2D eigenvalue weighted by Gasteiger charge is 2.06. The van der Waals surface area contributed by atoms with E-state index in [0.29, 0.717) is 6.04 Å². The first kappa shape index (κ1) is 12.3. The number of unbranched alkanes of at least 4 members (excludes halogenated alkanes) is 3. The lowest BCUT2D eigenvalue weighted by Crippen LogP contribution is -2.32. The Labute approximate surface area is 79.4 Å². The van der Waals surface area contributed by atoms with Gasteiger partial charge in [-0.2, -0.15) is 0 Å². The molecule has 0 aromatic carbocycles. The molecule has 0 saturated carbocycles. The van der Waals surface area contributed by atoms with Gasteiger partial charge in [0, 0.05) is 17.4 Å². The zero-order valence-corrected chi connectivity index (χ0v) is 9.25. The van der Waals surface area contributed by atoms with Crippen molar-refractivity contribution in [3.63, 3.8) is 0 Å². The number of rotatable bonds is 7. The number of nitrogens with one attached hydrogen (secondary N) is 1. The van der Waals surface area contributed by atoms with Crippen LogP contribution in [0.5, 0.6) is 0 Å². The third-order valence-electron chi connectivity index (χ3n) is 1.55. The van der Waals surface area contributed by atoms with Crippen molar-refractivity contribution < 1.29 is 4.55 Å². The largest absolute Gasteiger partial charge is 0.598 e. The molecule has 0 aromatic heterocycles. The van der Waals surface area contributed by atoms with E-state index >= 15 is 0 Å². The highest BCUT2D eigenvalue weighted by Crippen LogP contribution is 2.01. The Bertz CT molecular complexity index is 98.5. The van der Waals surface area contributed by atoms with E-state index in [1.165, 1.54) is 19.3 Å². The molecule has 1 unspecified atom stereocenters. The Morgan fingerprint density at radius 2 is 1.92 bits per heavy atom. The van der Waals surface area contributed by atoms with Crippen LogP contribution in [-0.2, 0) is 11.4 Å². The summed E-state index contributed by atoms with van der Waals surface area (Å²) in [5, 5.41) is 0. The molecule has 0 rings (SSSR count). The Morgan fingerprint density at radius 1 is 1.25 bits per heavy atom. The van der Waals surface area contributed by atoms with Crippen LogP contribution in [0.15, 0.2) is 0 Å². The summed E-state index contributed by atoms with van der Waals surface area (Å²) in [6, 6.07) is 0.331. The van der Waals surface area contributed by atoms with E-state index < -0.39 is 11.4 Å². The van der Waals surface area contributed by atoms with Gasteiger partial charge in [-0.3, -0.25) is 0 Å². The molecule has 0 heterocycles. The van der Waals surface area contributed by atoms with Gasteiger partial charge in [0.1, 0.15) is 5.75 Å². The fourth-order valence-corrected chi connectivity index (χ4v) is 2.09. The van der Waals surface area contributed by atoms with Gasteiger partial charge in [0.15, 0.2) is 0 Å². The average Bonchev–Trinajstić information content (AvgIpc) is 1.97. The summed E-state index contributed by atoms with van der Waals surface area (Å²) in [6.07, 6.45) is 4.80. The molecule has 0 fully saturated rings. The molecule has 0 radical (unpaired) electrons. The molecule has 0 aliphatic carbocycles. The molecule has 0 aromatic rings. The van der Waals surface area contributed by atoms with Crippen molar-refractivity contribution in [3.05, 3.63) is 0 Å². The molecular formula is C9H21NOS. The molecule has 0 bridgehead atoms. The molecule has 0 aliphatic rings. The second kappa shape index (κ2) is 7.90. The van der Waals surface area contributed by atoms with Gasteiger partial charge in [-0.1, -0.05) is 19.8 Å². The van der Waals surface area contributed by atoms with Gasteiger partial charge >= 0.3 is 0 Å². The van der Waals surface area contributed by atoms with Gasteiger partial charge in [0.25, 0.3) is 0 Å². The highest BCUT2D eigenvalue weighted by molar-refractivity contribution is 7.89. The van der Waals surface area contributed by atoms with E-state index in [0.717, 1.165) is 12.2 Å². The molecule has 1 atom stereocenters. The van der Waals surface area contributed by atoms with Crippen molar-refractivity contribution >= 4 is 11.4 Å². The van der Waals surface area contributed by atoms with Crippen LogP contribution in [0.4, 0.5) is 0 Å². The van der Waals surface area contributed by atoms with Crippen LogP contribution in [0.3, 0.4) is 0 Å². The van der Waals surface area contributed by atoms with E-state index in [2.05, 4.69) is 11.6 Å². The molecular weight excluding hydrogens is 170 g/mol. The lowest BCUT2D eigenvalue weighted by atomic mass is 10.2. The standard InChI is InChI=1S/C9H21NOS/c1-4-5-6-7-8-12(11)10-9(2)3/h9-10H,4-8H2,1-3H3. The van der Waals surface area contributed by atoms with Crippen molar-refractivity contribution in [2.75, 3.05) is 5.75 Å².